The lowest BCUT2D eigenvalue weighted by molar-refractivity contribution is -0.297. The van der Waals surface area contributed by atoms with Crippen LogP contribution in [0.1, 0.15) is 0 Å². The van der Waals surface area contributed by atoms with E-state index in [2.05, 4.69) is 10.3 Å². The maximum absolute atomic E-state index is 12.2. The fourth-order valence-corrected chi connectivity index (χ4v) is 2.87. The Balaban J connectivity index is 1.91. The van der Waals surface area contributed by atoms with Gasteiger partial charge in [-0.1, -0.05) is 0 Å². The molecule has 9 heteroatoms. The van der Waals surface area contributed by atoms with Crippen molar-refractivity contribution in [3.8, 4) is 17.0 Å². The summed E-state index contributed by atoms with van der Waals surface area (Å²) in [6.07, 6.45) is 1.42. The molecule has 0 aliphatic rings. The molecule has 3 aromatic rings. The number of nitrogens with one attached hydrogen (secondary N) is 1. The number of carboxylic acids is 1. The first-order valence-corrected chi connectivity index (χ1v) is 8.12. The van der Waals surface area contributed by atoms with Gasteiger partial charge in [0.2, 0.25) is 5.91 Å². The zero-order chi connectivity index (χ0) is 18.7. The molecule has 8 nitrogen and oxygen atoms in total. The summed E-state index contributed by atoms with van der Waals surface area (Å²) in [5, 5.41) is 15.1. The number of methoxy groups -OCH3 is 1. The molecule has 0 aliphatic heterocycles. The molecule has 0 radical (unpaired) electrons. The molecule has 1 N–H and O–H groups in total. The number of anilines is 1. The van der Waals surface area contributed by atoms with Crippen LogP contribution in [-0.2, 0) is 9.59 Å². The largest absolute Gasteiger partial charge is 0.545 e. The van der Waals surface area contributed by atoms with E-state index in [-0.39, 0.29) is 10.7 Å². The Bertz CT molecular complexity index is 1080. The summed E-state index contributed by atoms with van der Waals surface area (Å²) < 4.78 is 10.4. The van der Waals surface area contributed by atoms with E-state index in [0.29, 0.717) is 28.5 Å². The average molecular weight is 371 g/mol. The van der Waals surface area contributed by atoms with Crippen molar-refractivity contribution in [3.05, 3.63) is 52.2 Å². The van der Waals surface area contributed by atoms with Gasteiger partial charge < -0.3 is 19.1 Å². The van der Waals surface area contributed by atoms with Crippen LogP contribution in [0.3, 0.4) is 0 Å². The molecule has 0 unspecified atom stereocenters. The fraction of sp³-hybridized carbons (Fsp3) is 0.0588. The second-order valence-electron chi connectivity index (χ2n) is 5.03. The summed E-state index contributed by atoms with van der Waals surface area (Å²) in [5.41, 5.74) is 0.402. The first-order chi connectivity index (χ1) is 12.5. The van der Waals surface area contributed by atoms with Gasteiger partial charge in [-0.25, -0.2) is 9.78 Å². The molecule has 0 bridgehead atoms. The predicted molar refractivity (Wildman–Crippen MR) is 92.9 cm³/mol. The molecule has 0 atom stereocenters. The summed E-state index contributed by atoms with van der Waals surface area (Å²) in [7, 11) is 1.53. The SMILES string of the molecule is COc1ccc2oc(=O)c(-c3csc(NC(=O)C=CC(=O)[O-])n3)cc2c1. The Kier molecular flexibility index (Phi) is 4.81. The van der Waals surface area contributed by atoms with Gasteiger partial charge in [-0.3, -0.25) is 10.1 Å². The van der Waals surface area contributed by atoms with Crippen LogP contribution in [0.4, 0.5) is 5.13 Å². The summed E-state index contributed by atoms with van der Waals surface area (Å²) >= 11 is 1.08. The Hall–Kier alpha value is -3.46. The lowest BCUT2D eigenvalue weighted by Gasteiger charge is -2.03. The molecule has 2 aromatic heterocycles. The minimum Gasteiger partial charge on any atom is -0.545 e. The van der Waals surface area contributed by atoms with Gasteiger partial charge in [0.1, 0.15) is 11.3 Å². The summed E-state index contributed by atoms with van der Waals surface area (Å²) in [6.45, 7) is 0. The highest BCUT2D eigenvalue weighted by atomic mass is 32.1. The van der Waals surface area contributed by atoms with Gasteiger partial charge in [-0.15, -0.1) is 11.3 Å². The Morgan fingerprint density at radius 2 is 2.12 bits per heavy atom. The number of rotatable bonds is 5. The van der Waals surface area contributed by atoms with Gasteiger partial charge in [0.15, 0.2) is 5.13 Å². The average Bonchev–Trinajstić information content (AvgIpc) is 3.07. The van der Waals surface area contributed by atoms with Crippen molar-refractivity contribution >= 4 is 39.3 Å². The maximum atomic E-state index is 12.2. The third-order valence-corrected chi connectivity index (χ3v) is 4.08. The molecular formula is C17H11N2O6S-. The second-order valence-corrected chi connectivity index (χ2v) is 5.89. The van der Waals surface area contributed by atoms with Gasteiger partial charge in [-0.05, 0) is 30.3 Å². The molecule has 0 saturated heterocycles. The maximum Gasteiger partial charge on any atom is 0.345 e. The Labute approximate surface area is 150 Å². The van der Waals surface area contributed by atoms with Crippen molar-refractivity contribution in [2.24, 2.45) is 0 Å². The molecule has 0 aliphatic carbocycles. The van der Waals surface area contributed by atoms with Crippen molar-refractivity contribution in [2.75, 3.05) is 12.4 Å². The number of amides is 1. The fourth-order valence-electron chi connectivity index (χ4n) is 2.15. The molecule has 0 spiro atoms. The highest BCUT2D eigenvalue weighted by Gasteiger charge is 2.13. The van der Waals surface area contributed by atoms with Gasteiger partial charge in [0.05, 0.1) is 24.3 Å². The van der Waals surface area contributed by atoms with Crippen LogP contribution in [0.15, 0.2) is 51.0 Å². The van der Waals surface area contributed by atoms with Gasteiger partial charge in [-0.2, -0.15) is 0 Å². The van der Waals surface area contributed by atoms with Crippen LogP contribution in [0.25, 0.3) is 22.2 Å². The summed E-state index contributed by atoms with van der Waals surface area (Å²) in [5.74, 6) is -1.54. The normalized spacial score (nSPS) is 11.0. The Morgan fingerprint density at radius 3 is 2.85 bits per heavy atom. The number of carboxylic acid groups (broad SMARTS) is 1. The van der Waals surface area contributed by atoms with Crippen LogP contribution in [0.5, 0.6) is 5.75 Å². The quantitative estimate of drug-likeness (QED) is 0.528. The van der Waals surface area contributed by atoms with Crippen LogP contribution in [0, 0.1) is 0 Å². The number of fused-ring (bicyclic) bond motifs is 1. The number of thiazole rings is 1. The van der Waals surface area contributed by atoms with Crippen LogP contribution >= 0.6 is 11.3 Å². The first kappa shape index (κ1) is 17.4. The third kappa shape index (κ3) is 3.78. The number of carbonyl (C=O) groups excluding carboxylic acids is 2. The highest BCUT2D eigenvalue weighted by Crippen LogP contribution is 2.27. The highest BCUT2D eigenvalue weighted by molar-refractivity contribution is 7.14. The first-order valence-electron chi connectivity index (χ1n) is 7.24. The van der Waals surface area contributed by atoms with E-state index >= 15 is 0 Å². The zero-order valence-electron chi connectivity index (χ0n) is 13.3. The predicted octanol–water partition coefficient (Wildman–Crippen LogP) is 1.17. The molecule has 3 rings (SSSR count). The monoisotopic (exact) mass is 371 g/mol. The molecule has 1 amide bonds. The van der Waals surface area contributed by atoms with Crippen molar-refractivity contribution in [1.82, 2.24) is 4.98 Å². The minimum atomic E-state index is -1.48. The molecule has 26 heavy (non-hydrogen) atoms. The molecule has 2 heterocycles. The summed E-state index contributed by atoms with van der Waals surface area (Å²) in [6, 6.07) is 6.67. The third-order valence-electron chi connectivity index (χ3n) is 3.32. The molecule has 0 fully saturated rings. The number of aromatic nitrogens is 1. The van der Waals surface area contributed by atoms with E-state index in [9.17, 15) is 19.5 Å². The second kappa shape index (κ2) is 7.19. The van der Waals surface area contributed by atoms with E-state index in [4.69, 9.17) is 9.15 Å². The molecule has 1 aromatic carbocycles. The van der Waals surface area contributed by atoms with Crippen molar-refractivity contribution < 1.29 is 23.8 Å². The lowest BCUT2D eigenvalue weighted by atomic mass is 10.1. The lowest BCUT2D eigenvalue weighted by Crippen LogP contribution is -2.20. The van der Waals surface area contributed by atoms with Gasteiger partial charge >= 0.3 is 5.63 Å². The Morgan fingerprint density at radius 1 is 1.31 bits per heavy atom. The van der Waals surface area contributed by atoms with Gasteiger partial charge in [0, 0.05) is 16.8 Å². The van der Waals surface area contributed by atoms with Crippen molar-refractivity contribution in [2.45, 2.75) is 0 Å². The number of aliphatic carboxylic acids is 1. The molecule has 132 valence electrons. The number of hydrogen-bond donors (Lipinski definition) is 1. The number of benzene rings is 1. The number of carbonyl (C=O) groups is 2. The van der Waals surface area contributed by atoms with E-state index in [1.54, 1.807) is 29.6 Å². The van der Waals surface area contributed by atoms with Crippen LogP contribution in [0.2, 0.25) is 0 Å². The molecule has 0 saturated carbocycles. The van der Waals surface area contributed by atoms with Gasteiger partial charge in [0.25, 0.3) is 0 Å². The van der Waals surface area contributed by atoms with E-state index < -0.39 is 17.5 Å². The van der Waals surface area contributed by atoms with Crippen molar-refractivity contribution in [3.63, 3.8) is 0 Å². The van der Waals surface area contributed by atoms with Crippen LogP contribution < -0.4 is 20.8 Å². The number of nitrogens with zero attached hydrogens (tertiary/aromatic N) is 1. The van der Waals surface area contributed by atoms with Crippen molar-refractivity contribution in [1.29, 1.82) is 0 Å². The van der Waals surface area contributed by atoms with Crippen LogP contribution in [-0.4, -0.2) is 24.0 Å². The minimum absolute atomic E-state index is 0.207. The van der Waals surface area contributed by atoms with E-state index in [1.165, 1.54) is 7.11 Å². The zero-order valence-corrected chi connectivity index (χ0v) is 14.2. The number of ether oxygens (including phenoxy) is 1. The summed E-state index contributed by atoms with van der Waals surface area (Å²) in [4.78, 5) is 38.2. The molecular weight excluding hydrogens is 360 g/mol. The van der Waals surface area contributed by atoms with E-state index in [1.807, 2.05) is 0 Å². The topological polar surface area (TPSA) is 122 Å². The number of hydrogen-bond acceptors (Lipinski definition) is 8. The standard InChI is InChI=1S/C17H12N2O6S/c1-24-10-2-3-13-9(6-10)7-11(16(23)25-13)12-8-26-17(18-12)19-14(20)4-5-15(21)22/h2-8H,1H3,(H,21,22)(H,18,19,20)/p-1. The smallest absolute Gasteiger partial charge is 0.345 e. The van der Waals surface area contributed by atoms with E-state index in [0.717, 1.165) is 17.4 Å².